The molecule has 0 saturated carbocycles. The van der Waals surface area contributed by atoms with Crippen LogP contribution in [0.3, 0.4) is 0 Å². The molecule has 0 bridgehead atoms. The van der Waals surface area contributed by atoms with Crippen molar-refractivity contribution in [2.24, 2.45) is 0 Å². The summed E-state index contributed by atoms with van der Waals surface area (Å²) >= 11 is 20.9. The molecule has 0 radical (unpaired) electrons. The molecule has 0 spiro atoms. The minimum absolute atomic E-state index is 0.0166. The van der Waals surface area contributed by atoms with E-state index in [9.17, 15) is 22.8 Å². The molecule has 32 heavy (non-hydrogen) atoms. The van der Waals surface area contributed by atoms with Crippen molar-refractivity contribution in [2.75, 3.05) is 6.54 Å². The normalized spacial score (nSPS) is 12.8. The van der Waals surface area contributed by atoms with Crippen LogP contribution in [0.15, 0.2) is 40.9 Å². The molecule has 2 rings (SSSR count). The molecule has 0 saturated heterocycles. The lowest BCUT2D eigenvalue weighted by Gasteiger charge is -2.18. The third kappa shape index (κ3) is 7.24. The Morgan fingerprint density at radius 3 is 2.28 bits per heavy atom. The Hall–Kier alpha value is -1.54. The van der Waals surface area contributed by atoms with Gasteiger partial charge in [0.15, 0.2) is 5.78 Å². The Morgan fingerprint density at radius 1 is 1.12 bits per heavy atom. The summed E-state index contributed by atoms with van der Waals surface area (Å²) in [6.07, 6.45) is -1.34. The number of halogens is 7. The summed E-state index contributed by atoms with van der Waals surface area (Å²) in [6.45, 7) is 1.69. The van der Waals surface area contributed by atoms with Crippen molar-refractivity contribution in [3.8, 4) is 0 Å². The lowest BCUT2D eigenvalue weighted by molar-refractivity contribution is -0.139. The molecule has 0 heterocycles. The summed E-state index contributed by atoms with van der Waals surface area (Å²) in [5.41, 5.74) is 0.591. The number of hydrogen-bond donors (Lipinski definition) is 1. The van der Waals surface area contributed by atoms with Crippen LogP contribution < -0.4 is 5.32 Å². The smallest absolute Gasteiger partial charge is 0.349 e. The van der Waals surface area contributed by atoms with Crippen molar-refractivity contribution < 1.29 is 22.8 Å². The average molecular weight is 572 g/mol. The second kappa shape index (κ2) is 11.5. The van der Waals surface area contributed by atoms with E-state index in [1.54, 1.807) is 0 Å². The minimum atomic E-state index is -4.60. The Morgan fingerprint density at radius 2 is 1.75 bits per heavy atom. The number of alkyl halides is 3. The molecule has 1 atom stereocenters. The quantitative estimate of drug-likeness (QED) is 0.259. The zero-order chi connectivity index (χ0) is 24.1. The summed E-state index contributed by atoms with van der Waals surface area (Å²) in [5.74, 6) is -2.52. The van der Waals surface area contributed by atoms with Crippen LogP contribution in [0.4, 0.5) is 13.2 Å². The van der Waals surface area contributed by atoms with Gasteiger partial charge in [0.2, 0.25) is 5.91 Å². The summed E-state index contributed by atoms with van der Waals surface area (Å²) in [7, 11) is 0. The molecule has 0 aliphatic heterocycles. The highest BCUT2D eigenvalue weighted by atomic mass is 79.9. The summed E-state index contributed by atoms with van der Waals surface area (Å²) in [6, 6.07) is 6.77. The van der Waals surface area contributed by atoms with Gasteiger partial charge in [0.1, 0.15) is 0 Å². The van der Waals surface area contributed by atoms with E-state index in [0.717, 1.165) is 18.2 Å². The maximum absolute atomic E-state index is 13.7. The van der Waals surface area contributed by atoms with Gasteiger partial charge in [-0.15, -0.1) is 0 Å². The van der Waals surface area contributed by atoms with Gasteiger partial charge in [0, 0.05) is 16.5 Å². The van der Waals surface area contributed by atoms with Crippen molar-refractivity contribution >= 4 is 68.5 Å². The van der Waals surface area contributed by atoms with Crippen LogP contribution in [-0.4, -0.2) is 24.4 Å². The minimum Gasteiger partial charge on any atom is -0.349 e. The lowest BCUT2D eigenvalue weighted by Crippen LogP contribution is -2.29. The first-order valence-corrected chi connectivity index (χ1v) is 11.4. The number of allylic oxidation sites excluding steroid dienone is 1. The van der Waals surface area contributed by atoms with Crippen LogP contribution in [0.1, 0.15) is 47.2 Å². The summed E-state index contributed by atoms with van der Waals surface area (Å²) in [4.78, 5) is 23.8. The van der Waals surface area contributed by atoms with Crippen LogP contribution in [0, 0.1) is 0 Å². The maximum atomic E-state index is 13.7. The average Bonchev–Trinajstić information content (AvgIpc) is 2.69. The first kappa shape index (κ1) is 26.7. The Kier molecular flexibility index (Phi) is 9.64. The van der Waals surface area contributed by atoms with Gasteiger partial charge in [0.25, 0.3) is 0 Å². The van der Waals surface area contributed by atoms with E-state index in [0.29, 0.717) is 28.4 Å². The van der Waals surface area contributed by atoms with Crippen molar-refractivity contribution in [3.05, 3.63) is 72.6 Å². The fraction of sp³-hybridized carbons (Fsp3) is 0.273. The maximum Gasteiger partial charge on any atom is 0.399 e. The monoisotopic (exact) mass is 569 g/mol. The van der Waals surface area contributed by atoms with E-state index in [1.165, 1.54) is 24.3 Å². The highest BCUT2D eigenvalue weighted by molar-refractivity contribution is 9.10. The second-order valence-electron chi connectivity index (χ2n) is 6.87. The molecule has 1 N–H and O–H groups in total. The highest BCUT2D eigenvalue weighted by Crippen LogP contribution is 2.41. The molecule has 0 fully saturated rings. The van der Waals surface area contributed by atoms with Gasteiger partial charge >= 0.3 is 6.18 Å². The molecular formula is C22H18BrCl3F3NO2. The van der Waals surface area contributed by atoms with E-state index in [4.69, 9.17) is 34.8 Å². The van der Waals surface area contributed by atoms with Crippen molar-refractivity contribution in [1.29, 1.82) is 0 Å². The number of Topliss-reactive ketones (excluding diaryl/α,β-unsaturated/α-hetero) is 1. The number of benzene rings is 2. The fourth-order valence-electron chi connectivity index (χ4n) is 2.82. The molecule has 1 unspecified atom stereocenters. The predicted octanol–water partition coefficient (Wildman–Crippen LogP) is 7.87. The van der Waals surface area contributed by atoms with E-state index in [-0.39, 0.29) is 38.9 Å². The Balaban J connectivity index is 2.24. The first-order chi connectivity index (χ1) is 14.9. The molecule has 172 valence electrons. The molecule has 2 aromatic carbocycles. The topological polar surface area (TPSA) is 46.2 Å². The van der Waals surface area contributed by atoms with E-state index in [1.807, 2.05) is 6.92 Å². The van der Waals surface area contributed by atoms with Crippen LogP contribution in [-0.2, 0) is 4.79 Å². The third-order valence-electron chi connectivity index (χ3n) is 4.42. The van der Waals surface area contributed by atoms with Gasteiger partial charge in [-0.3, -0.25) is 9.59 Å². The molecule has 3 nitrogen and oxygen atoms in total. The number of carbonyl (C=O) groups excluding carboxylic acids is 2. The fourth-order valence-corrected chi connectivity index (χ4v) is 4.05. The van der Waals surface area contributed by atoms with Crippen LogP contribution >= 0.6 is 50.7 Å². The SMILES string of the molecule is CCCC(=O)NCC(=O)c1ccc(/C=C/C(c2cc(Cl)c(Cl)c(Cl)c2)C(F)(F)F)cc1Br. The van der Waals surface area contributed by atoms with Crippen LogP contribution in [0.25, 0.3) is 6.08 Å². The molecule has 1 amide bonds. The first-order valence-electron chi connectivity index (χ1n) is 9.42. The van der Waals surface area contributed by atoms with Gasteiger partial charge in [-0.05, 0) is 41.8 Å². The predicted molar refractivity (Wildman–Crippen MR) is 126 cm³/mol. The molecule has 0 aliphatic carbocycles. The molecule has 10 heteroatoms. The Bertz CT molecular complexity index is 1020. The van der Waals surface area contributed by atoms with Crippen LogP contribution in [0.2, 0.25) is 15.1 Å². The number of carbonyl (C=O) groups is 2. The standard InChI is InChI=1S/C22H18BrCl3F3NO2/c1-2-3-20(32)30-11-19(31)14-6-4-12(8-16(14)23)5-7-15(22(27,28)29)13-9-17(24)21(26)18(25)10-13/h4-10,15H,2-3,11H2,1H3,(H,30,32)/b7-5+. The van der Waals surface area contributed by atoms with E-state index < -0.39 is 12.1 Å². The zero-order valence-corrected chi connectivity index (χ0v) is 20.6. The molecular weight excluding hydrogens is 554 g/mol. The number of hydrogen-bond acceptors (Lipinski definition) is 2. The van der Waals surface area contributed by atoms with Gasteiger partial charge in [-0.1, -0.05) is 75.9 Å². The van der Waals surface area contributed by atoms with Gasteiger partial charge < -0.3 is 5.32 Å². The number of ketones is 1. The van der Waals surface area contributed by atoms with Gasteiger partial charge in [0.05, 0.1) is 27.5 Å². The van der Waals surface area contributed by atoms with E-state index in [2.05, 4.69) is 21.2 Å². The summed E-state index contributed by atoms with van der Waals surface area (Å²) < 4.78 is 41.4. The largest absolute Gasteiger partial charge is 0.399 e. The van der Waals surface area contributed by atoms with Gasteiger partial charge in [-0.2, -0.15) is 13.2 Å². The van der Waals surface area contributed by atoms with E-state index >= 15 is 0 Å². The number of nitrogens with one attached hydrogen (secondary N) is 1. The third-order valence-corrected chi connectivity index (χ3v) is 6.27. The molecule has 0 aliphatic rings. The van der Waals surface area contributed by atoms with Crippen LogP contribution in [0.5, 0.6) is 0 Å². The second-order valence-corrected chi connectivity index (χ2v) is 8.91. The number of rotatable bonds is 8. The lowest BCUT2D eigenvalue weighted by atomic mass is 9.97. The highest BCUT2D eigenvalue weighted by Gasteiger charge is 2.39. The Labute approximate surface area is 207 Å². The van der Waals surface area contributed by atoms with Gasteiger partial charge in [-0.25, -0.2) is 0 Å². The zero-order valence-electron chi connectivity index (χ0n) is 16.7. The van der Waals surface area contributed by atoms with Crippen molar-refractivity contribution in [3.63, 3.8) is 0 Å². The molecule has 2 aromatic rings. The van der Waals surface area contributed by atoms with Crippen molar-refractivity contribution in [1.82, 2.24) is 5.32 Å². The molecule has 0 aromatic heterocycles. The van der Waals surface area contributed by atoms with Crippen molar-refractivity contribution in [2.45, 2.75) is 31.9 Å². The summed E-state index contributed by atoms with van der Waals surface area (Å²) in [5, 5.41) is 2.36. The number of amides is 1.